The van der Waals surface area contributed by atoms with Crippen molar-refractivity contribution in [1.82, 2.24) is 4.98 Å². The molecule has 0 spiro atoms. The first-order valence-electron chi connectivity index (χ1n) is 6.42. The average Bonchev–Trinajstić information content (AvgIpc) is 2.41. The maximum absolute atomic E-state index is 4.29. The van der Waals surface area contributed by atoms with E-state index in [2.05, 4.69) is 63.6 Å². The van der Waals surface area contributed by atoms with Gasteiger partial charge in [-0.3, -0.25) is 0 Å². The van der Waals surface area contributed by atoms with Crippen LogP contribution in [-0.2, 0) is 0 Å². The molecule has 1 aromatic heterocycles. The molecule has 0 aliphatic heterocycles. The Labute approximate surface area is 122 Å². The molecule has 2 N–H and O–H groups in total. The van der Waals surface area contributed by atoms with Crippen LogP contribution in [0.1, 0.15) is 18.9 Å². The number of hydrogen-bond acceptors (Lipinski definition) is 3. The molecule has 1 aromatic carbocycles. The fourth-order valence-electron chi connectivity index (χ4n) is 1.70. The Hall–Kier alpha value is -1.55. The van der Waals surface area contributed by atoms with E-state index in [0.29, 0.717) is 0 Å². The van der Waals surface area contributed by atoms with Crippen LogP contribution in [0.2, 0.25) is 0 Å². The van der Waals surface area contributed by atoms with Crippen LogP contribution in [0.4, 0.5) is 17.2 Å². The van der Waals surface area contributed by atoms with Crippen LogP contribution < -0.4 is 10.6 Å². The molecular weight excluding hydrogens is 302 g/mol. The highest BCUT2D eigenvalue weighted by Gasteiger charge is 2.00. The van der Waals surface area contributed by atoms with E-state index in [1.54, 1.807) is 0 Å². The molecule has 0 atom stereocenters. The zero-order valence-corrected chi connectivity index (χ0v) is 12.8. The molecule has 0 saturated carbocycles. The van der Waals surface area contributed by atoms with Gasteiger partial charge in [0, 0.05) is 34.7 Å². The highest BCUT2D eigenvalue weighted by atomic mass is 79.9. The molecule has 1 heterocycles. The Morgan fingerprint density at radius 1 is 1.16 bits per heavy atom. The van der Waals surface area contributed by atoms with E-state index >= 15 is 0 Å². The van der Waals surface area contributed by atoms with Crippen LogP contribution in [0.25, 0.3) is 0 Å². The van der Waals surface area contributed by atoms with E-state index < -0.39 is 0 Å². The molecule has 0 bridgehead atoms. The first kappa shape index (κ1) is 13.9. The van der Waals surface area contributed by atoms with Crippen LogP contribution in [0.5, 0.6) is 0 Å². The van der Waals surface area contributed by atoms with Gasteiger partial charge in [0.25, 0.3) is 0 Å². The van der Waals surface area contributed by atoms with Crippen LogP contribution in [0, 0.1) is 6.92 Å². The van der Waals surface area contributed by atoms with E-state index in [0.717, 1.165) is 34.6 Å². The van der Waals surface area contributed by atoms with Gasteiger partial charge in [0.1, 0.15) is 5.82 Å². The van der Waals surface area contributed by atoms with Gasteiger partial charge >= 0.3 is 0 Å². The van der Waals surface area contributed by atoms with Crippen molar-refractivity contribution in [2.24, 2.45) is 0 Å². The van der Waals surface area contributed by atoms with Gasteiger partial charge in [-0.1, -0.05) is 28.9 Å². The summed E-state index contributed by atoms with van der Waals surface area (Å²) in [5, 5.41) is 6.66. The summed E-state index contributed by atoms with van der Waals surface area (Å²) in [7, 11) is 0. The molecule has 0 amide bonds. The molecule has 100 valence electrons. The number of pyridine rings is 1. The van der Waals surface area contributed by atoms with Gasteiger partial charge in [-0.15, -0.1) is 0 Å². The SMILES string of the molecule is CCCNc1cc(Nc2ccc(C)c(Br)c2)ccn1. The topological polar surface area (TPSA) is 37.0 Å². The minimum atomic E-state index is 0.901. The number of halogens is 1. The Balaban J connectivity index is 2.11. The first-order valence-corrected chi connectivity index (χ1v) is 7.21. The van der Waals surface area contributed by atoms with Crippen LogP contribution >= 0.6 is 15.9 Å². The fourth-order valence-corrected chi connectivity index (χ4v) is 2.07. The summed E-state index contributed by atoms with van der Waals surface area (Å²) < 4.78 is 1.11. The summed E-state index contributed by atoms with van der Waals surface area (Å²) in [6.45, 7) is 5.15. The van der Waals surface area contributed by atoms with Crippen molar-refractivity contribution < 1.29 is 0 Å². The zero-order chi connectivity index (χ0) is 13.7. The van der Waals surface area contributed by atoms with Crippen molar-refractivity contribution in [3.63, 3.8) is 0 Å². The first-order chi connectivity index (χ1) is 9.19. The number of rotatable bonds is 5. The van der Waals surface area contributed by atoms with Crippen molar-refractivity contribution in [2.45, 2.75) is 20.3 Å². The van der Waals surface area contributed by atoms with Gasteiger partial charge in [-0.2, -0.15) is 0 Å². The second-order valence-corrected chi connectivity index (χ2v) is 5.30. The van der Waals surface area contributed by atoms with Gasteiger partial charge < -0.3 is 10.6 Å². The summed E-state index contributed by atoms with van der Waals surface area (Å²) in [6.07, 6.45) is 2.90. The third-order valence-corrected chi connectivity index (χ3v) is 3.63. The largest absolute Gasteiger partial charge is 0.370 e. The number of hydrogen-bond donors (Lipinski definition) is 2. The van der Waals surface area contributed by atoms with Gasteiger partial charge in [0.2, 0.25) is 0 Å². The Kier molecular flexibility index (Phi) is 4.80. The van der Waals surface area contributed by atoms with Crippen molar-refractivity contribution in [1.29, 1.82) is 0 Å². The smallest absolute Gasteiger partial charge is 0.127 e. The quantitative estimate of drug-likeness (QED) is 0.837. The highest BCUT2D eigenvalue weighted by Crippen LogP contribution is 2.24. The van der Waals surface area contributed by atoms with Gasteiger partial charge in [-0.25, -0.2) is 4.98 Å². The van der Waals surface area contributed by atoms with Crippen molar-refractivity contribution >= 4 is 33.1 Å². The van der Waals surface area contributed by atoms with Gasteiger partial charge in [0.05, 0.1) is 0 Å². The molecule has 2 aromatic rings. The molecule has 0 radical (unpaired) electrons. The number of benzene rings is 1. The highest BCUT2D eigenvalue weighted by molar-refractivity contribution is 9.10. The number of anilines is 3. The molecule has 2 rings (SSSR count). The van der Waals surface area contributed by atoms with E-state index in [9.17, 15) is 0 Å². The number of aromatic nitrogens is 1. The van der Waals surface area contributed by atoms with Crippen molar-refractivity contribution in [3.8, 4) is 0 Å². The number of nitrogens with zero attached hydrogens (tertiary/aromatic N) is 1. The maximum Gasteiger partial charge on any atom is 0.127 e. The molecule has 3 nitrogen and oxygen atoms in total. The number of nitrogens with one attached hydrogen (secondary N) is 2. The molecule has 0 aliphatic carbocycles. The van der Waals surface area contributed by atoms with Crippen LogP contribution in [0.3, 0.4) is 0 Å². The third-order valence-electron chi connectivity index (χ3n) is 2.78. The third kappa shape index (κ3) is 3.96. The Morgan fingerprint density at radius 3 is 2.68 bits per heavy atom. The lowest BCUT2D eigenvalue weighted by Crippen LogP contribution is -2.02. The number of aryl methyl sites for hydroxylation is 1. The van der Waals surface area contributed by atoms with E-state index in [1.165, 1.54) is 5.56 Å². The monoisotopic (exact) mass is 319 g/mol. The standard InChI is InChI=1S/C15H18BrN3/c1-3-7-17-15-10-13(6-8-18-15)19-12-5-4-11(2)14(16)9-12/h4-6,8-10H,3,7H2,1-2H3,(H2,17,18,19). The lowest BCUT2D eigenvalue weighted by atomic mass is 10.2. The minimum Gasteiger partial charge on any atom is -0.370 e. The Bertz CT molecular complexity index is 555. The molecule has 4 heteroatoms. The van der Waals surface area contributed by atoms with E-state index in [1.807, 2.05) is 18.3 Å². The van der Waals surface area contributed by atoms with Gasteiger partial charge in [0.15, 0.2) is 0 Å². The maximum atomic E-state index is 4.29. The fraction of sp³-hybridized carbons (Fsp3) is 0.267. The van der Waals surface area contributed by atoms with Crippen molar-refractivity contribution in [2.75, 3.05) is 17.2 Å². The molecular formula is C15H18BrN3. The average molecular weight is 320 g/mol. The lowest BCUT2D eigenvalue weighted by Gasteiger charge is -2.10. The summed E-state index contributed by atoms with van der Waals surface area (Å²) in [5.41, 5.74) is 3.32. The second-order valence-electron chi connectivity index (χ2n) is 4.45. The van der Waals surface area contributed by atoms with Gasteiger partial charge in [-0.05, 0) is 37.1 Å². The predicted octanol–water partition coefficient (Wildman–Crippen LogP) is 4.72. The van der Waals surface area contributed by atoms with E-state index in [-0.39, 0.29) is 0 Å². The molecule has 0 saturated heterocycles. The Morgan fingerprint density at radius 2 is 1.95 bits per heavy atom. The summed E-state index contributed by atoms with van der Waals surface area (Å²) in [6, 6.07) is 10.2. The second kappa shape index (κ2) is 6.57. The molecule has 0 fully saturated rings. The summed E-state index contributed by atoms with van der Waals surface area (Å²) >= 11 is 3.54. The van der Waals surface area contributed by atoms with Crippen LogP contribution in [0.15, 0.2) is 41.0 Å². The summed E-state index contributed by atoms with van der Waals surface area (Å²) in [4.78, 5) is 4.29. The van der Waals surface area contributed by atoms with Crippen molar-refractivity contribution in [3.05, 3.63) is 46.6 Å². The molecule has 19 heavy (non-hydrogen) atoms. The van der Waals surface area contributed by atoms with E-state index in [4.69, 9.17) is 0 Å². The zero-order valence-electron chi connectivity index (χ0n) is 11.2. The van der Waals surface area contributed by atoms with Crippen LogP contribution in [-0.4, -0.2) is 11.5 Å². The predicted molar refractivity (Wildman–Crippen MR) is 85.2 cm³/mol. The minimum absolute atomic E-state index is 0.901. The summed E-state index contributed by atoms with van der Waals surface area (Å²) in [5.74, 6) is 0.901. The molecule has 0 unspecified atom stereocenters. The normalized spacial score (nSPS) is 10.3. The molecule has 0 aliphatic rings. The lowest BCUT2D eigenvalue weighted by molar-refractivity contribution is 0.969.